The number of Topliss-reactive ketones (excluding diaryl/α,β-unsaturated/α-hetero) is 1. The van der Waals surface area contributed by atoms with Crippen LogP contribution >= 0.6 is 0 Å². The van der Waals surface area contributed by atoms with E-state index in [0.29, 0.717) is 18.3 Å². The van der Waals surface area contributed by atoms with Crippen molar-refractivity contribution in [2.75, 3.05) is 20.8 Å². The first-order chi connectivity index (χ1) is 12.5. The van der Waals surface area contributed by atoms with Gasteiger partial charge in [0.1, 0.15) is 28.6 Å². The third-order valence-corrected chi connectivity index (χ3v) is 4.66. The van der Waals surface area contributed by atoms with Crippen molar-refractivity contribution >= 4 is 12.1 Å². The first-order valence-electron chi connectivity index (χ1n) is 8.20. The number of benzene rings is 2. The van der Waals surface area contributed by atoms with Crippen molar-refractivity contribution in [1.82, 2.24) is 0 Å². The minimum absolute atomic E-state index is 0.0189. The molecule has 0 saturated heterocycles. The number of phenols is 1. The number of hydrogen-bond acceptors (Lipinski definition) is 6. The van der Waals surface area contributed by atoms with Crippen LogP contribution in [-0.2, 0) is 6.42 Å². The molecule has 1 heterocycles. The van der Waals surface area contributed by atoms with E-state index in [4.69, 9.17) is 14.2 Å². The van der Waals surface area contributed by atoms with E-state index in [1.807, 2.05) is 24.3 Å². The topological polar surface area (TPSA) is 82.1 Å². The van der Waals surface area contributed by atoms with Gasteiger partial charge in [-0.25, -0.2) is 0 Å². The van der Waals surface area contributed by atoms with Gasteiger partial charge in [0.15, 0.2) is 12.1 Å². The summed E-state index contributed by atoms with van der Waals surface area (Å²) in [5, 5.41) is 10.2. The van der Waals surface area contributed by atoms with E-state index >= 15 is 0 Å². The molecular weight excluding hydrogens is 336 g/mol. The van der Waals surface area contributed by atoms with E-state index in [1.165, 1.54) is 7.11 Å². The first-order valence-corrected chi connectivity index (χ1v) is 8.20. The Bertz CT molecular complexity index is 854. The van der Waals surface area contributed by atoms with Crippen LogP contribution in [0.15, 0.2) is 24.3 Å². The lowest BCUT2D eigenvalue weighted by Gasteiger charge is -2.28. The predicted octanol–water partition coefficient (Wildman–Crippen LogP) is 2.96. The smallest absolute Gasteiger partial charge is 0.177 e. The number of hydrogen-bond donors (Lipinski definition) is 1. The average Bonchev–Trinajstić information content (AvgIpc) is 2.66. The van der Waals surface area contributed by atoms with E-state index in [9.17, 15) is 14.7 Å². The standard InChI is InChI=1S/C20H20O6/c1-11-17(22)15(9-21)20-16(19(11)25-3)18(23)13(10-26-20)8-12-4-6-14(24-2)7-5-12/h4-7,9,13,22H,8,10H2,1-3H3. The molecule has 136 valence electrons. The maximum atomic E-state index is 13.1. The van der Waals surface area contributed by atoms with Crippen LogP contribution in [0.3, 0.4) is 0 Å². The number of aromatic hydroxyl groups is 1. The molecule has 1 N–H and O–H groups in total. The highest BCUT2D eigenvalue weighted by atomic mass is 16.5. The highest BCUT2D eigenvalue weighted by Crippen LogP contribution is 2.45. The van der Waals surface area contributed by atoms with Crippen LogP contribution in [-0.4, -0.2) is 38.0 Å². The number of methoxy groups -OCH3 is 2. The summed E-state index contributed by atoms with van der Waals surface area (Å²) in [6, 6.07) is 7.48. The minimum atomic E-state index is -0.409. The Morgan fingerprint density at radius 2 is 1.92 bits per heavy atom. The number of ketones is 1. The van der Waals surface area contributed by atoms with Gasteiger partial charge in [-0.15, -0.1) is 0 Å². The van der Waals surface area contributed by atoms with Crippen LogP contribution in [0.5, 0.6) is 23.0 Å². The Balaban J connectivity index is 1.98. The van der Waals surface area contributed by atoms with E-state index in [1.54, 1.807) is 14.0 Å². The summed E-state index contributed by atoms with van der Waals surface area (Å²) >= 11 is 0. The van der Waals surface area contributed by atoms with Crippen LogP contribution in [0.2, 0.25) is 0 Å². The second-order valence-electron chi connectivity index (χ2n) is 6.17. The minimum Gasteiger partial charge on any atom is -0.507 e. The van der Waals surface area contributed by atoms with Gasteiger partial charge in [0.05, 0.1) is 32.3 Å². The van der Waals surface area contributed by atoms with Gasteiger partial charge in [-0.1, -0.05) is 12.1 Å². The Morgan fingerprint density at radius 3 is 2.50 bits per heavy atom. The summed E-state index contributed by atoms with van der Waals surface area (Å²) in [6.45, 7) is 1.73. The summed E-state index contributed by atoms with van der Waals surface area (Å²) in [4.78, 5) is 24.5. The SMILES string of the molecule is COc1ccc(CC2COc3c(C=O)c(O)c(C)c(OC)c3C2=O)cc1. The fourth-order valence-corrected chi connectivity index (χ4v) is 3.24. The van der Waals surface area contributed by atoms with Gasteiger partial charge in [0, 0.05) is 5.56 Å². The second kappa shape index (κ2) is 7.07. The maximum absolute atomic E-state index is 13.1. The number of fused-ring (bicyclic) bond motifs is 1. The molecule has 1 aliphatic rings. The number of rotatable bonds is 5. The molecule has 0 fully saturated rings. The van der Waals surface area contributed by atoms with Crippen LogP contribution in [0.4, 0.5) is 0 Å². The largest absolute Gasteiger partial charge is 0.507 e. The molecule has 6 heteroatoms. The Kier molecular flexibility index (Phi) is 4.84. The molecule has 0 saturated carbocycles. The quantitative estimate of drug-likeness (QED) is 0.830. The van der Waals surface area contributed by atoms with Crippen molar-refractivity contribution in [3.8, 4) is 23.0 Å². The zero-order valence-electron chi connectivity index (χ0n) is 14.9. The van der Waals surface area contributed by atoms with Gasteiger partial charge in [0.2, 0.25) is 0 Å². The fourth-order valence-electron chi connectivity index (χ4n) is 3.24. The highest BCUT2D eigenvalue weighted by Gasteiger charge is 2.36. The van der Waals surface area contributed by atoms with Crippen LogP contribution in [0, 0.1) is 12.8 Å². The molecule has 6 nitrogen and oxygen atoms in total. The molecule has 1 unspecified atom stereocenters. The molecule has 2 aromatic carbocycles. The molecule has 0 radical (unpaired) electrons. The number of aldehydes is 1. The first kappa shape index (κ1) is 17.8. The maximum Gasteiger partial charge on any atom is 0.177 e. The fraction of sp³-hybridized carbons (Fsp3) is 0.300. The van der Waals surface area contributed by atoms with Gasteiger partial charge in [-0.2, -0.15) is 0 Å². The van der Waals surface area contributed by atoms with Gasteiger partial charge in [0.25, 0.3) is 0 Å². The highest BCUT2D eigenvalue weighted by molar-refractivity contribution is 6.07. The number of ether oxygens (including phenoxy) is 3. The Morgan fingerprint density at radius 1 is 1.23 bits per heavy atom. The summed E-state index contributed by atoms with van der Waals surface area (Å²) in [5.41, 5.74) is 1.51. The lowest BCUT2D eigenvalue weighted by Crippen LogP contribution is -2.31. The molecule has 0 aliphatic carbocycles. The Hall–Kier alpha value is -3.02. The normalized spacial score (nSPS) is 15.8. The summed E-state index contributed by atoms with van der Waals surface area (Å²) in [7, 11) is 3.02. The van der Waals surface area contributed by atoms with Crippen molar-refractivity contribution < 1.29 is 28.9 Å². The van der Waals surface area contributed by atoms with Gasteiger partial charge in [-0.05, 0) is 31.0 Å². The van der Waals surface area contributed by atoms with E-state index in [-0.39, 0.29) is 40.8 Å². The Labute approximate surface area is 151 Å². The molecular formula is C20H20O6. The summed E-state index contributed by atoms with van der Waals surface area (Å²) in [6.07, 6.45) is 0.986. The zero-order chi connectivity index (χ0) is 18.8. The summed E-state index contributed by atoms with van der Waals surface area (Å²) < 4.78 is 16.2. The average molecular weight is 356 g/mol. The lowest BCUT2D eigenvalue weighted by atomic mass is 9.86. The molecule has 0 amide bonds. The third kappa shape index (κ3) is 2.87. The monoisotopic (exact) mass is 356 g/mol. The number of phenolic OH excluding ortho intramolecular Hbond substituents is 1. The molecule has 0 bridgehead atoms. The van der Waals surface area contributed by atoms with Crippen molar-refractivity contribution in [1.29, 1.82) is 0 Å². The van der Waals surface area contributed by atoms with E-state index < -0.39 is 5.92 Å². The van der Waals surface area contributed by atoms with Gasteiger partial charge < -0.3 is 19.3 Å². The molecule has 26 heavy (non-hydrogen) atoms. The number of carbonyl (C=O) groups is 2. The zero-order valence-corrected chi connectivity index (χ0v) is 14.9. The van der Waals surface area contributed by atoms with E-state index in [2.05, 4.69) is 0 Å². The van der Waals surface area contributed by atoms with Crippen molar-refractivity contribution in [2.45, 2.75) is 13.3 Å². The van der Waals surface area contributed by atoms with Gasteiger partial charge >= 0.3 is 0 Å². The van der Waals surface area contributed by atoms with E-state index in [0.717, 1.165) is 11.3 Å². The number of carbonyl (C=O) groups excluding carboxylic acids is 2. The molecule has 1 atom stereocenters. The van der Waals surface area contributed by atoms with Crippen molar-refractivity contribution in [2.24, 2.45) is 5.92 Å². The molecule has 2 aromatic rings. The van der Waals surface area contributed by atoms with Crippen molar-refractivity contribution in [3.63, 3.8) is 0 Å². The predicted molar refractivity (Wildman–Crippen MR) is 94.8 cm³/mol. The second-order valence-corrected chi connectivity index (χ2v) is 6.17. The van der Waals surface area contributed by atoms with Crippen LogP contribution < -0.4 is 14.2 Å². The van der Waals surface area contributed by atoms with Crippen LogP contribution in [0.1, 0.15) is 31.8 Å². The third-order valence-electron chi connectivity index (χ3n) is 4.66. The summed E-state index contributed by atoms with van der Waals surface area (Å²) in [5.74, 6) is 0.285. The lowest BCUT2D eigenvalue weighted by molar-refractivity contribution is 0.0823. The molecule has 0 spiro atoms. The van der Waals surface area contributed by atoms with Crippen molar-refractivity contribution in [3.05, 3.63) is 46.5 Å². The van der Waals surface area contributed by atoms with Gasteiger partial charge in [-0.3, -0.25) is 9.59 Å². The molecule has 0 aromatic heterocycles. The molecule has 3 rings (SSSR count). The molecule has 1 aliphatic heterocycles. The van der Waals surface area contributed by atoms with Crippen LogP contribution in [0.25, 0.3) is 0 Å².